The molecule has 0 aliphatic carbocycles. The van der Waals surface area contributed by atoms with E-state index in [0.717, 1.165) is 38.9 Å². The van der Waals surface area contributed by atoms with Crippen LogP contribution in [0.4, 0.5) is 11.8 Å². The van der Waals surface area contributed by atoms with Crippen LogP contribution in [0.5, 0.6) is 0 Å². The van der Waals surface area contributed by atoms with Gasteiger partial charge in [0.15, 0.2) is 5.82 Å². The minimum absolute atomic E-state index is 0.126. The van der Waals surface area contributed by atoms with E-state index in [1.54, 1.807) is 23.1 Å². The summed E-state index contributed by atoms with van der Waals surface area (Å²) in [6, 6.07) is 3.89. The first-order chi connectivity index (χ1) is 14.8. The molecule has 0 spiro atoms. The zero-order chi connectivity index (χ0) is 22.1. The molecule has 2 aliphatic rings. The normalized spacial score (nSPS) is 19.5. The summed E-state index contributed by atoms with van der Waals surface area (Å²) in [6.07, 6.45) is 6.70. The smallest absolute Gasteiger partial charge is 0.223 e. The number of sulfonamides is 1. The lowest BCUT2D eigenvalue weighted by Crippen LogP contribution is -2.63. The van der Waals surface area contributed by atoms with Crippen molar-refractivity contribution in [3.05, 3.63) is 18.5 Å². The maximum atomic E-state index is 11.8. The molecule has 166 valence electrons. The first-order valence-electron chi connectivity index (χ1n) is 10.1. The molecule has 0 bridgehead atoms. The molecule has 3 N–H and O–H groups in total. The molecule has 31 heavy (non-hydrogen) atoms. The van der Waals surface area contributed by atoms with Crippen LogP contribution in [0.1, 0.15) is 19.3 Å². The second-order valence-corrected chi connectivity index (χ2v) is 10.1. The first-order valence-corrected chi connectivity index (χ1v) is 12.0. The Morgan fingerprint density at radius 2 is 2.13 bits per heavy atom. The molecule has 2 aliphatic heterocycles. The van der Waals surface area contributed by atoms with E-state index in [9.17, 15) is 13.7 Å². The molecule has 12 heteroatoms. The van der Waals surface area contributed by atoms with E-state index < -0.39 is 15.6 Å². The molecule has 2 aromatic heterocycles. The summed E-state index contributed by atoms with van der Waals surface area (Å²) in [5, 5.41) is 17.0. The fourth-order valence-electron chi connectivity index (χ4n) is 3.94. The number of ether oxygens (including phenoxy) is 1. The minimum atomic E-state index is -3.33. The predicted molar refractivity (Wildman–Crippen MR) is 114 cm³/mol. The van der Waals surface area contributed by atoms with E-state index in [4.69, 9.17) is 10.5 Å². The third-order valence-electron chi connectivity index (χ3n) is 5.87. The molecule has 4 heterocycles. The van der Waals surface area contributed by atoms with Crippen LogP contribution in [0, 0.1) is 17.2 Å². The van der Waals surface area contributed by atoms with E-state index in [1.807, 2.05) is 0 Å². The zero-order valence-corrected chi connectivity index (χ0v) is 18.2. The number of rotatable bonds is 7. The summed E-state index contributed by atoms with van der Waals surface area (Å²) in [6.45, 7) is 2.70. The minimum Gasteiger partial charge on any atom is -0.382 e. The van der Waals surface area contributed by atoms with Crippen molar-refractivity contribution in [1.82, 2.24) is 24.1 Å². The van der Waals surface area contributed by atoms with Crippen LogP contribution in [0.2, 0.25) is 0 Å². The van der Waals surface area contributed by atoms with Crippen molar-refractivity contribution in [3.63, 3.8) is 0 Å². The van der Waals surface area contributed by atoms with Crippen molar-refractivity contribution in [2.45, 2.75) is 24.8 Å². The standard InChI is InChI=1S/C19H26N8O3S/c1-31(28,29)26-12-19(13-26,5-6-20)27-11-15(17(21)25-27)16-2-7-22-18(24-16)23-10-14-3-8-30-9-4-14/h2,7,11,14H,3-5,8-10,12-13H2,1H3,(H2,21,25)(H,22,23,24). The molecule has 2 saturated heterocycles. The highest BCUT2D eigenvalue weighted by Crippen LogP contribution is 2.36. The Balaban J connectivity index is 1.53. The maximum Gasteiger partial charge on any atom is 0.223 e. The fourth-order valence-corrected chi connectivity index (χ4v) is 4.89. The van der Waals surface area contributed by atoms with Gasteiger partial charge < -0.3 is 15.8 Å². The molecular formula is C19H26N8O3S. The van der Waals surface area contributed by atoms with Crippen molar-refractivity contribution < 1.29 is 13.2 Å². The van der Waals surface area contributed by atoms with Gasteiger partial charge in [0.25, 0.3) is 0 Å². The molecule has 2 fully saturated rings. The maximum absolute atomic E-state index is 11.8. The molecule has 0 atom stereocenters. The lowest BCUT2D eigenvalue weighted by atomic mass is 9.89. The summed E-state index contributed by atoms with van der Waals surface area (Å²) < 4.78 is 31.9. The van der Waals surface area contributed by atoms with E-state index in [2.05, 4.69) is 26.5 Å². The lowest BCUT2D eigenvalue weighted by molar-refractivity contribution is 0.0699. The van der Waals surface area contributed by atoms with Gasteiger partial charge in [-0.1, -0.05) is 0 Å². The summed E-state index contributed by atoms with van der Waals surface area (Å²) in [5.74, 6) is 1.30. The summed E-state index contributed by atoms with van der Waals surface area (Å²) >= 11 is 0. The van der Waals surface area contributed by atoms with Crippen LogP contribution in [-0.2, 0) is 20.3 Å². The number of anilines is 2. The van der Waals surface area contributed by atoms with Crippen molar-refractivity contribution in [3.8, 4) is 17.3 Å². The number of hydrogen-bond donors (Lipinski definition) is 2. The highest BCUT2D eigenvalue weighted by atomic mass is 32.2. The van der Waals surface area contributed by atoms with Crippen LogP contribution in [-0.4, -0.2) is 71.6 Å². The molecule has 0 saturated carbocycles. The molecule has 0 unspecified atom stereocenters. The van der Waals surface area contributed by atoms with Gasteiger partial charge in [0.1, 0.15) is 5.54 Å². The van der Waals surface area contributed by atoms with Gasteiger partial charge >= 0.3 is 0 Å². The van der Waals surface area contributed by atoms with Crippen molar-refractivity contribution >= 4 is 21.8 Å². The van der Waals surface area contributed by atoms with E-state index in [-0.39, 0.29) is 25.3 Å². The third kappa shape index (κ3) is 4.48. The Morgan fingerprint density at radius 3 is 2.81 bits per heavy atom. The van der Waals surface area contributed by atoms with Crippen LogP contribution >= 0.6 is 0 Å². The van der Waals surface area contributed by atoms with E-state index in [1.165, 1.54) is 4.31 Å². The van der Waals surface area contributed by atoms with Crippen LogP contribution in [0.25, 0.3) is 11.3 Å². The Kier molecular flexibility index (Phi) is 5.83. The second kappa shape index (κ2) is 8.41. The Labute approximate surface area is 181 Å². The Bertz CT molecular complexity index is 1080. The number of nitrogens with zero attached hydrogens (tertiary/aromatic N) is 6. The topological polar surface area (TPSA) is 152 Å². The largest absolute Gasteiger partial charge is 0.382 e. The van der Waals surface area contributed by atoms with Gasteiger partial charge in [-0.05, 0) is 24.8 Å². The van der Waals surface area contributed by atoms with Gasteiger partial charge in [-0.3, -0.25) is 4.68 Å². The van der Waals surface area contributed by atoms with E-state index in [0.29, 0.717) is 23.1 Å². The Hall–Kier alpha value is -2.75. The van der Waals surface area contributed by atoms with Gasteiger partial charge in [0.2, 0.25) is 16.0 Å². The zero-order valence-electron chi connectivity index (χ0n) is 17.4. The number of aromatic nitrogens is 4. The molecule has 11 nitrogen and oxygen atoms in total. The lowest BCUT2D eigenvalue weighted by Gasteiger charge is -2.47. The second-order valence-electron chi connectivity index (χ2n) is 8.17. The number of hydrogen-bond acceptors (Lipinski definition) is 9. The molecule has 4 rings (SSSR count). The molecular weight excluding hydrogens is 420 g/mol. The van der Waals surface area contributed by atoms with Gasteiger partial charge in [0, 0.05) is 45.2 Å². The molecule has 0 amide bonds. The SMILES string of the molecule is CS(=O)(=O)N1CC(CC#N)(n2cc(-c3ccnc(NCC4CCOCC4)n3)c(N)n2)C1. The summed E-state index contributed by atoms with van der Waals surface area (Å²) in [5.41, 5.74) is 6.66. The number of nitriles is 1. The molecule has 0 aromatic carbocycles. The van der Waals surface area contributed by atoms with Crippen LogP contribution in [0.3, 0.4) is 0 Å². The number of nitrogen functional groups attached to an aromatic ring is 1. The average molecular weight is 447 g/mol. The van der Waals surface area contributed by atoms with E-state index >= 15 is 0 Å². The van der Waals surface area contributed by atoms with Gasteiger partial charge in [0.05, 0.1) is 30.0 Å². The molecule has 2 aromatic rings. The Morgan fingerprint density at radius 1 is 1.39 bits per heavy atom. The highest BCUT2D eigenvalue weighted by molar-refractivity contribution is 7.88. The quantitative estimate of drug-likeness (QED) is 0.624. The van der Waals surface area contributed by atoms with Crippen molar-refractivity contribution in [2.75, 3.05) is 50.2 Å². The number of nitrogens with two attached hydrogens (primary N) is 1. The van der Waals surface area contributed by atoms with Crippen LogP contribution in [0.15, 0.2) is 18.5 Å². The average Bonchev–Trinajstić information content (AvgIpc) is 3.11. The predicted octanol–water partition coefficient (Wildman–Crippen LogP) is 0.645. The summed E-state index contributed by atoms with van der Waals surface area (Å²) in [4.78, 5) is 8.86. The van der Waals surface area contributed by atoms with Crippen LogP contribution < -0.4 is 11.1 Å². The highest BCUT2D eigenvalue weighted by Gasteiger charge is 2.49. The van der Waals surface area contributed by atoms with Gasteiger partial charge in [-0.2, -0.15) is 14.7 Å². The van der Waals surface area contributed by atoms with Gasteiger partial charge in [-0.25, -0.2) is 18.4 Å². The number of nitrogens with one attached hydrogen (secondary N) is 1. The fraction of sp³-hybridized carbons (Fsp3) is 0.579. The van der Waals surface area contributed by atoms with Crippen molar-refractivity contribution in [1.29, 1.82) is 5.26 Å². The third-order valence-corrected chi connectivity index (χ3v) is 7.06. The molecule has 0 radical (unpaired) electrons. The monoisotopic (exact) mass is 446 g/mol. The van der Waals surface area contributed by atoms with Crippen molar-refractivity contribution in [2.24, 2.45) is 5.92 Å². The summed E-state index contributed by atoms with van der Waals surface area (Å²) in [7, 11) is -3.33. The first kappa shape index (κ1) is 21.5. The van der Waals surface area contributed by atoms with Gasteiger partial charge in [-0.15, -0.1) is 0 Å².